The van der Waals surface area contributed by atoms with Crippen LogP contribution < -0.4 is 0 Å². The Morgan fingerprint density at radius 3 is 2.18 bits per heavy atom. The van der Waals surface area contributed by atoms with Crippen LogP contribution in [0.3, 0.4) is 0 Å². The lowest BCUT2D eigenvalue weighted by atomic mass is 10.0. The van der Waals surface area contributed by atoms with Gasteiger partial charge in [-0.05, 0) is 18.4 Å². The summed E-state index contributed by atoms with van der Waals surface area (Å²) in [6.45, 7) is 8.49. The number of ether oxygens (including phenoxy) is 1. The maximum Gasteiger partial charge on any atom is 0.0721 e. The van der Waals surface area contributed by atoms with Gasteiger partial charge in [-0.1, -0.05) is 42.5 Å². The molecule has 1 heteroatoms. The summed E-state index contributed by atoms with van der Waals surface area (Å²) in [5.74, 6) is 0.948. The van der Waals surface area contributed by atoms with Crippen LogP contribution >= 0.6 is 0 Å². The van der Waals surface area contributed by atoms with Gasteiger partial charge < -0.3 is 4.74 Å². The van der Waals surface area contributed by atoms with Crippen molar-refractivity contribution >= 4 is 0 Å². The van der Waals surface area contributed by atoms with E-state index in [2.05, 4.69) is 25.3 Å². The monoisotopic (exact) mass is 228 g/mol. The summed E-state index contributed by atoms with van der Waals surface area (Å²) in [4.78, 5) is 0. The van der Waals surface area contributed by atoms with Crippen LogP contribution in [0.2, 0.25) is 0 Å². The minimum Gasteiger partial charge on any atom is -0.372 e. The first kappa shape index (κ1) is 12.1. The van der Waals surface area contributed by atoms with E-state index in [1.54, 1.807) is 0 Å². The molecule has 0 radical (unpaired) electrons. The SMILES string of the molecule is C=C[C@@H]1CC[C@H](C=C)C1OCc1ccccc1. The highest BCUT2D eigenvalue weighted by Gasteiger charge is 2.33. The summed E-state index contributed by atoms with van der Waals surface area (Å²) in [7, 11) is 0. The van der Waals surface area contributed by atoms with E-state index in [1.165, 1.54) is 18.4 Å². The topological polar surface area (TPSA) is 9.23 Å². The Morgan fingerprint density at radius 1 is 1.06 bits per heavy atom. The molecule has 2 rings (SSSR count). The first-order chi connectivity index (χ1) is 8.35. The van der Waals surface area contributed by atoms with Crippen molar-refractivity contribution in [2.75, 3.05) is 0 Å². The molecule has 1 aromatic rings. The predicted octanol–water partition coefficient (Wildman–Crippen LogP) is 3.97. The van der Waals surface area contributed by atoms with Crippen LogP contribution in [0.15, 0.2) is 55.6 Å². The molecule has 90 valence electrons. The van der Waals surface area contributed by atoms with Gasteiger partial charge in [-0.2, -0.15) is 0 Å². The summed E-state index contributed by atoms with van der Waals surface area (Å²) >= 11 is 0. The molecule has 0 saturated heterocycles. The molecule has 1 aliphatic carbocycles. The molecular formula is C16H20O. The predicted molar refractivity (Wildman–Crippen MR) is 71.6 cm³/mol. The van der Waals surface area contributed by atoms with Crippen molar-refractivity contribution in [3.05, 3.63) is 61.2 Å². The molecule has 0 spiro atoms. The van der Waals surface area contributed by atoms with Crippen LogP contribution in [0.1, 0.15) is 18.4 Å². The summed E-state index contributed by atoms with van der Waals surface area (Å²) in [5, 5.41) is 0. The van der Waals surface area contributed by atoms with E-state index >= 15 is 0 Å². The van der Waals surface area contributed by atoms with Crippen LogP contribution in [0.5, 0.6) is 0 Å². The van der Waals surface area contributed by atoms with Crippen molar-refractivity contribution in [1.82, 2.24) is 0 Å². The standard InChI is InChI=1S/C16H20O/c1-3-14-10-11-15(4-2)16(14)17-12-13-8-6-5-7-9-13/h3-9,14-16H,1-2,10-12H2/t14-,15+,16?. The minimum absolute atomic E-state index is 0.255. The van der Waals surface area contributed by atoms with E-state index in [4.69, 9.17) is 4.74 Å². The number of rotatable bonds is 5. The molecule has 1 fully saturated rings. The highest BCUT2D eigenvalue weighted by atomic mass is 16.5. The molecule has 0 N–H and O–H groups in total. The first-order valence-corrected chi connectivity index (χ1v) is 6.25. The Balaban J connectivity index is 1.96. The Morgan fingerprint density at radius 2 is 1.65 bits per heavy atom. The zero-order chi connectivity index (χ0) is 12.1. The maximum absolute atomic E-state index is 6.05. The fourth-order valence-corrected chi connectivity index (χ4v) is 2.55. The van der Waals surface area contributed by atoms with Crippen LogP contribution in [0.25, 0.3) is 0 Å². The molecule has 0 bridgehead atoms. The second-order valence-corrected chi connectivity index (χ2v) is 4.64. The highest BCUT2D eigenvalue weighted by molar-refractivity contribution is 5.13. The normalized spacial score (nSPS) is 27.9. The van der Waals surface area contributed by atoms with Gasteiger partial charge >= 0.3 is 0 Å². The second-order valence-electron chi connectivity index (χ2n) is 4.64. The van der Waals surface area contributed by atoms with E-state index in [9.17, 15) is 0 Å². The Bertz CT molecular complexity index is 352. The number of benzene rings is 1. The Labute approximate surface area is 104 Å². The summed E-state index contributed by atoms with van der Waals surface area (Å²) in [6.07, 6.45) is 6.64. The van der Waals surface area contributed by atoms with Gasteiger partial charge in [0.05, 0.1) is 12.7 Å². The molecule has 1 nitrogen and oxygen atoms in total. The first-order valence-electron chi connectivity index (χ1n) is 6.25. The Kier molecular flexibility index (Phi) is 4.16. The summed E-state index contributed by atoms with van der Waals surface area (Å²) in [6, 6.07) is 10.3. The molecule has 0 heterocycles. The van der Waals surface area contributed by atoms with Gasteiger partial charge in [-0.25, -0.2) is 0 Å². The number of hydrogen-bond donors (Lipinski definition) is 0. The van der Waals surface area contributed by atoms with Gasteiger partial charge in [0.2, 0.25) is 0 Å². The van der Waals surface area contributed by atoms with E-state index in [1.807, 2.05) is 30.4 Å². The third-order valence-electron chi connectivity index (χ3n) is 3.57. The van der Waals surface area contributed by atoms with E-state index < -0.39 is 0 Å². The smallest absolute Gasteiger partial charge is 0.0721 e. The third kappa shape index (κ3) is 2.86. The molecule has 0 aliphatic heterocycles. The van der Waals surface area contributed by atoms with Crippen molar-refractivity contribution in [2.45, 2.75) is 25.6 Å². The molecule has 17 heavy (non-hydrogen) atoms. The van der Waals surface area contributed by atoms with Crippen molar-refractivity contribution in [1.29, 1.82) is 0 Å². The van der Waals surface area contributed by atoms with Crippen LogP contribution in [0, 0.1) is 11.8 Å². The van der Waals surface area contributed by atoms with Crippen LogP contribution in [0.4, 0.5) is 0 Å². The summed E-state index contributed by atoms with van der Waals surface area (Å²) in [5.41, 5.74) is 1.23. The van der Waals surface area contributed by atoms with Crippen LogP contribution in [-0.4, -0.2) is 6.10 Å². The fraction of sp³-hybridized carbons (Fsp3) is 0.375. The molecule has 1 unspecified atom stereocenters. The lowest BCUT2D eigenvalue weighted by Crippen LogP contribution is -2.22. The van der Waals surface area contributed by atoms with E-state index in [0.717, 1.165) is 0 Å². The lowest BCUT2D eigenvalue weighted by molar-refractivity contribution is 0.00991. The molecule has 1 saturated carbocycles. The molecule has 3 atom stereocenters. The maximum atomic E-state index is 6.05. The van der Waals surface area contributed by atoms with E-state index in [-0.39, 0.29) is 6.10 Å². The van der Waals surface area contributed by atoms with Crippen molar-refractivity contribution in [3.8, 4) is 0 Å². The Hall–Kier alpha value is -1.34. The third-order valence-corrected chi connectivity index (χ3v) is 3.57. The largest absolute Gasteiger partial charge is 0.372 e. The van der Waals surface area contributed by atoms with Gasteiger partial charge in [0.1, 0.15) is 0 Å². The lowest BCUT2D eigenvalue weighted by Gasteiger charge is -2.21. The fourth-order valence-electron chi connectivity index (χ4n) is 2.55. The van der Waals surface area contributed by atoms with Crippen molar-refractivity contribution in [3.63, 3.8) is 0 Å². The average molecular weight is 228 g/mol. The highest BCUT2D eigenvalue weighted by Crippen LogP contribution is 2.35. The zero-order valence-corrected chi connectivity index (χ0v) is 10.2. The minimum atomic E-state index is 0.255. The molecule has 0 aromatic heterocycles. The molecular weight excluding hydrogens is 208 g/mol. The van der Waals surface area contributed by atoms with Gasteiger partial charge in [0.15, 0.2) is 0 Å². The summed E-state index contributed by atoms with van der Waals surface area (Å²) < 4.78 is 6.05. The zero-order valence-electron chi connectivity index (χ0n) is 10.2. The molecule has 0 amide bonds. The van der Waals surface area contributed by atoms with Crippen LogP contribution in [-0.2, 0) is 11.3 Å². The van der Waals surface area contributed by atoms with Gasteiger partial charge in [0.25, 0.3) is 0 Å². The average Bonchev–Trinajstić information content (AvgIpc) is 2.79. The molecule has 1 aliphatic rings. The quantitative estimate of drug-likeness (QED) is 0.693. The van der Waals surface area contributed by atoms with Gasteiger partial charge in [-0.15, -0.1) is 13.2 Å². The second kappa shape index (κ2) is 5.83. The van der Waals surface area contributed by atoms with E-state index in [0.29, 0.717) is 18.4 Å². The molecule has 1 aromatic carbocycles. The van der Waals surface area contributed by atoms with Crippen molar-refractivity contribution in [2.24, 2.45) is 11.8 Å². The van der Waals surface area contributed by atoms with Crippen molar-refractivity contribution < 1.29 is 4.74 Å². The van der Waals surface area contributed by atoms with Gasteiger partial charge in [-0.3, -0.25) is 0 Å². The number of hydrogen-bond acceptors (Lipinski definition) is 1. The van der Waals surface area contributed by atoms with Gasteiger partial charge in [0, 0.05) is 11.8 Å².